The lowest BCUT2D eigenvalue weighted by atomic mass is 10.0. The summed E-state index contributed by atoms with van der Waals surface area (Å²) in [4.78, 5) is 14.0. The van der Waals surface area contributed by atoms with Crippen LogP contribution in [0.1, 0.15) is 18.9 Å². The van der Waals surface area contributed by atoms with Crippen molar-refractivity contribution < 1.29 is 4.79 Å². The van der Waals surface area contributed by atoms with Crippen molar-refractivity contribution in [2.45, 2.75) is 13.3 Å². The van der Waals surface area contributed by atoms with E-state index in [4.69, 9.17) is 0 Å². The molecule has 102 valence electrons. The minimum absolute atomic E-state index is 0.00287. The van der Waals surface area contributed by atoms with E-state index in [0.717, 1.165) is 23.2 Å². The maximum absolute atomic E-state index is 12.3. The monoisotopic (exact) mass is 265 g/mol. The number of allylic oxidation sites excluding steroid dienone is 1. The number of rotatable bonds is 4. The van der Waals surface area contributed by atoms with E-state index in [-0.39, 0.29) is 5.91 Å². The molecule has 0 aromatic heterocycles. The molecule has 1 amide bonds. The van der Waals surface area contributed by atoms with Gasteiger partial charge in [0.15, 0.2) is 0 Å². The Labute approximate surface area is 120 Å². The molecule has 0 spiro atoms. The highest BCUT2D eigenvalue weighted by atomic mass is 16.2. The van der Waals surface area contributed by atoms with E-state index in [1.807, 2.05) is 60.7 Å². The number of carbonyl (C=O) groups excluding carboxylic acids is 1. The second kappa shape index (κ2) is 6.71. The van der Waals surface area contributed by atoms with E-state index in [0.29, 0.717) is 0 Å². The fraction of sp³-hybridized carbons (Fsp3) is 0.167. The molecule has 0 heterocycles. The highest BCUT2D eigenvalue weighted by Crippen LogP contribution is 2.19. The fourth-order valence-electron chi connectivity index (χ4n) is 2.07. The molecule has 0 unspecified atom stereocenters. The van der Waals surface area contributed by atoms with Crippen LogP contribution in [-0.2, 0) is 4.79 Å². The molecule has 0 bridgehead atoms. The maximum atomic E-state index is 12.3. The Balaban J connectivity index is 2.22. The number of amides is 1. The Kier molecular flexibility index (Phi) is 4.72. The van der Waals surface area contributed by atoms with Crippen LogP contribution in [0.3, 0.4) is 0 Å². The molecule has 2 aromatic rings. The molecule has 2 aromatic carbocycles. The minimum atomic E-state index is -0.00287. The third kappa shape index (κ3) is 3.35. The maximum Gasteiger partial charge on any atom is 0.251 e. The molecule has 0 aliphatic carbocycles. The first kappa shape index (κ1) is 14.1. The summed E-state index contributed by atoms with van der Waals surface area (Å²) in [7, 11) is 1.80. The standard InChI is InChI=1S/C18H19NO/c1-3-15(16-10-6-4-7-11-16)14-18(20)19(2)17-12-8-5-9-13-17/h4-14H,3H2,1-2H3/b15-14+. The van der Waals surface area contributed by atoms with Gasteiger partial charge in [0.25, 0.3) is 5.91 Å². The van der Waals surface area contributed by atoms with Crippen molar-refractivity contribution in [3.63, 3.8) is 0 Å². The van der Waals surface area contributed by atoms with Crippen LogP contribution in [-0.4, -0.2) is 13.0 Å². The van der Waals surface area contributed by atoms with Crippen LogP contribution < -0.4 is 4.90 Å². The third-order valence-electron chi connectivity index (χ3n) is 3.30. The van der Waals surface area contributed by atoms with Crippen molar-refractivity contribution in [2.24, 2.45) is 0 Å². The first-order valence-electron chi connectivity index (χ1n) is 6.81. The van der Waals surface area contributed by atoms with Gasteiger partial charge in [0.1, 0.15) is 0 Å². The van der Waals surface area contributed by atoms with Gasteiger partial charge in [-0.15, -0.1) is 0 Å². The molecule has 2 rings (SSSR count). The average Bonchev–Trinajstić information content (AvgIpc) is 2.53. The van der Waals surface area contributed by atoms with Crippen LogP contribution in [0.15, 0.2) is 66.7 Å². The molecular weight excluding hydrogens is 246 g/mol. The highest BCUT2D eigenvalue weighted by molar-refractivity contribution is 6.05. The van der Waals surface area contributed by atoms with Gasteiger partial charge in [0, 0.05) is 18.8 Å². The number of carbonyl (C=O) groups is 1. The lowest BCUT2D eigenvalue weighted by molar-refractivity contribution is -0.113. The van der Waals surface area contributed by atoms with Gasteiger partial charge in [0.2, 0.25) is 0 Å². The van der Waals surface area contributed by atoms with Crippen LogP contribution in [0.4, 0.5) is 5.69 Å². The van der Waals surface area contributed by atoms with Crippen molar-refractivity contribution >= 4 is 17.2 Å². The zero-order valence-electron chi connectivity index (χ0n) is 11.9. The summed E-state index contributed by atoms with van der Waals surface area (Å²) < 4.78 is 0. The zero-order chi connectivity index (χ0) is 14.4. The molecule has 0 aliphatic rings. The summed E-state index contributed by atoms with van der Waals surface area (Å²) >= 11 is 0. The highest BCUT2D eigenvalue weighted by Gasteiger charge is 2.09. The van der Waals surface area contributed by atoms with Gasteiger partial charge >= 0.3 is 0 Å². The van der Waals surface area contributed by atoms with Crippen LogP contribution in [0, 0.1) is 0 Å². The second-order valence-corrected chi connectivity index (χ2v) is 4.62. The second-order valence-electron chi connectivity index (χ2n) is 4.62. The lowest BCUT2D eigenvalue weighted by Gasteiger charge is -2.16. The predicted molar refractivity (Wildman–Crippen MR) is 84.6 cm³/mol. The molecule has 0 N–H and O–H groups in total. The number of anilines is 1. The molecule has 0 atom stereocenters. The Hall–Kier alpha value is -2.35. The normalized spacial score (nSPS) is 11.2. The minimum Gasteiger partial charge on any atom is -0.312 e. The topological polar surface area (TPSA) is 20.3 Å². The van der Waals surface area contributed by atoms with E-state index in [1.165, 1.54) is 0 Å². The molecule has 0 saturated heterocycles. The summed E-state index contributed by atoms with van der Waals surface area (Å²) in [5.74, 6) is -0.00287. The smallest absolute Gasteiger partial charge is 0.251 e. The first-order valence-corrected chi connectivity index (χ1v) is 6.81. The SMILES string of the molecule is CC/C(=C\C(=O)N(C)c1ccccc1)c1ccccc1. The van der Waals surface area contributed by atoms with E-state index in [2.05, 4.69) is 6.92 Å². The largest absolute Gasteiger partial charge is 0.312 e. The third-order valence-corrected chi connectivity index (χ3v) is 3.30. The van der Waals surface area contributed by atoms with E-state index < -0.39 is 0 Å². The van der Waals surface area contributed by atoms with Crippen molar-refractivity contribution in [3.8, 4) is 0 Å². The van der Waals surface area contributed by atoms with Gasteiger partial charge in [-0.2, -0.15) is 0 Å². The van der Waals surface area contributed by atoms with Crippen molar-refractivity contribution in [1.82, 2.24) is 0 Å². The molecule has 2 heteroatoms. The van der Waals surface area contributed by atoms with Crippen LogP contribution in [0.25, 0.3) is 5.57 Å². The van der Waals surface area contributed by atoms with Gasteiger partial charge < -0.3 is 4.90 Å². The van der Waals surface area contributed by atoms with Gasteiger partial charge in [-0.05, 0) is 29.7 Å². The average molecular weight is 265 g/mol. The zero-order valence-corrected chi connectivity index (χ0v) is 11.9. The Bertz CT molecular complexity index is 587. The van der Waals surface area contributed by atoms with Gasteiger partial charge in [-0.1, -0.05) is 55.5 Å². The lowest BCUT2D eigenvalue weighted by Crippen LogP contribution is -2.24. The molecular formula is C18H19NO. The Morgan fingerprint density at radius 1 is 1.00 bits per heavy atom. The van der Waals surface area contributed by atoms with Crippen molar-refractivity contribution in [3.05, 3.63) is 72.3 Å². The first-order chi connectivity index (χ1) is 9.72. The quantitative estimate of drug-likeness (QED) is 0.761. The fourth-order valence-corrected chi connectivity index (χ4v) is 2.07. The predicted octanol–water partition coefficient (Wildman–Crippen LogP) is 4.14. The Morgan fingerprint density at radius 2 is 1.55 bits per heavy atom. The summed E-state index contributed by atoms with van der Waals surface area (Å²) in [6, 6.07) is 19.7. The van der Waals surface area contributed by atoms with Gasteiger partial charge in [-0.25, -0.2) is 0 Å². The molecule has 0 aliphatic heterocycles. The number of benzene rings is 2. The van der Waals surface area contributed by atoms with E-state index >= 15 is 0 Å². The van der Waals surface area contributed by atoms with Crippen molar-refractivity contribution in [2.75, 3.05) is 11.9 Å². The number of hydrogen-bond acceptors (Lipinski definition) is 1. The molecule has 0 fully saturated rings. The number of nitrogens with zero attached hydrogens (tertiary/aromatic N) is 1. The molecule has 0 saturated carbocycles. The van der Waals surface area contributed by atoms with Gasteiger partial charge in [0.05, 0.1) is 0 Å². The van der Waals surface area contributed by atoms with Gasteiger partial charge in [-0.3, -0.25) is 4.79 Å². The van der Waals surface area contributed by atoms with Crippen LogP contribution in [0.5, 0.6) is 0 Å². The van der Waals surface area contributed by atoms with Crippen LogP contribution in [0.2, 0.25) is 0 Å². The summed E-state index contributed by atoms with van der Waals surface area (Å²) in [5.41, 5.74) is 3.06. The number of hydrogen-bond donors (Lipinski definition) is 0. The van der Waals surface area contributed by atoms with E-state index in [1.54, 1.807) is 18.0 Å². The molecule has 0 radical (unpaired) electrons. The Morgan fingerprint density at radius 3 is 2.10 bits per heavy atom. The summed E-state index contributed by atoms with van der Waals surface area (Å²) in [5, 5.41) is 0. The molecule has 2 nitrogen and oxygen atoms in total. The van der Waals surface area contributed by atoms with Crippen molar-refractivity contribution in [1.29, 1.82) is 0 Å². The number of likely N-dealkylation sites (N-methyl/N-ethyl adjacent to an activating group) is 1. The molecule has 20 heavy (non-hydrogen) atoms. The summed E-state index contributed by atoms with van der Waals surface area (Å²) in [6.45, 7) is 2.06. The van der Waals surface area contributed by atoms with Crippen LogP contribution >= 0.6 is 0 Å². The van der Waals surface area contributed by atoms with E-state index in [9.17, 15) is 4.79 Å². The number of para-hydroxylation sites is 1. The summed E-state index contributed by atoms with van der Waals surface area (Å²) in [6.07, 6.45) is 2.56.